The molecule has 2 fully saturated rings. The minimum atomic E-state index is -0.613. The second-order valence-corrected chi connectivity index (χ2v) is 7.08. The summed E-state index contributed by atoms with van der Waals surface area (Å²) < 4.78 is 0. The molecule has 1 unspecified atom stereocenters. The molecule has 1 atom stereocenters. The maximum atomic E-state index is 11.8. The summed E-state index contributed by atoms with van der Waals surface area (Å²) in [7, 11) is 0. The van der Waals surface area contributed by atoms with Crippen LogP contribution in [0.25, 0.3) is 0 Å². The third-order valence-corrected chi connectivity index (χ3v) is 4.12. The second-order valence-electron chi connectivity index (χ2n) is 7.08. The molecule has 19 heavy (non-hydrogen) atoms. The summed E-state index contributed by atoms with van der Waals surface area (Å²) in [5.41, 5.74) is 5.02. The largest absolute Gasteiger partial charge is 0.368 e. The van der Waals surface area contributed by atoms with Gasteiger partial charge in [0.15, 0.2) is 0 Å². The lowest BCUT2D eigenvalue weighted by molar-refractivity contribution is -0.125. The molecule has 0 spiro atoms. The normalized spacial score (nSPS) is 22.8. The zero-order valence-corrected chi connectivity index (χ0v) is 12.6. The summed E-state index contributed by atoms with van der Waals surface area (Å²) in [5.74, 6) is 1.47. The molecule has 2 aliphatic carbocycles. The molecule has 2 saturated carbocycles. The van der Waals surface area contributed by atoms with E-state index in [1.54, 1.807) is 0 Å². The molecule has 0 aromatic carbocycles. The Bertz CT molecular complexity index is 309. The Morgan fingerprint density at radius 3 is 2.05 bits per heavy atom. The fourth-order valence-electron chi connectivity index (χ4n) is 2.81. The highest BCUT2D eigenvalue weighted by Crippen LogP contribution is 2.34. The van der Waals surface area contributed by atoms with Gasteiger partial charge < -0.3 is 16.0 Å². The van der Waals surface area contributed by atoms with E-state index in [-0.39, 0.29) is 11.9 Å². The molecule has 2 rings (SSSR count). The number of hydrogen-bond donors (Lipinski definition) is 2. The van der Waals surface area contributed by atoms with Crippen LogP contribution in [0.4, 0.5) is 0 Å². The average molecular weight is 267 g/mol. The molecular weight excluding hydrogens is 238 g/mol. The Labute approximate surface area is 117 Å². The van der Waals surface area contributed by atoms with Gasteiger partial charge in [0.05, 0.1) is 0 Å². The number of nitrogens with two attached hydrogens (primary N) is 1. The summed E-state index contributed by atoms with van der Waals surface area (Å²) in [6.45, 7) is 9.09. The van der Waals surface area contributed by atoms with E-state index < -0.39 is 5.54 Å². The van der Waals surface area contributed by atoms with Crippen LogP contribution in [0.3, 0.4) is 0 Å². The monoisotopic (exact) mass is 267 g/mol. The smallest absolute Gasteiger partial charge is 0.238 e. The van der Waals surface area contributed by atoms with E-state index in [4.69, 9.17) is 5.73 Å². The summed E-state index contributed by atoms with van der Waals surface area (Å²) in [4.78, 5) is 14.3. The Kier molecular flexibility index (Phi) is 4.51. The third-order valence-electron chi connectivity index (χ3n) is 4.12. The van der Waals surface area contributed by atoms with Crippen LogP contribution in [0.5, 0.6) is 0 Å². The standard InChI is InChI=1S/C15H29N3O/c1-11(2)17-15(3,14(16)19)10-18(8-12-4-5-12)9-13-6-7-13/h11-13,17H,4-10H2,1-3H3,(H2,16,19). The highest BCUT2D eigenvalue weighted by Gasteiger charge is 2.37. The molecule has 4 nitrogen and oxygen atoms in total. The van der Waals surface area contributed by atoms with Crippen molar-refractivity contribution in [1.29, 1.82) is 0 Å². The van der Waals surface area contributed by atoms with E-state index in [1.165, 1.54) is 25.7 Å². The highest BCUT2D eigenvalue weighted by atomic mass is 16.1. The molecule has 0 saturated heterocycles. The maximum absolute atomic E-state index is 11.8. The lowest BCUT2D eigenvalue weighted by Gasteiger charge is -2.35. The maximum Gasteiger partial charge on any atom is 0.238 e. The zero-order valence-electron chi connectivity index (χ0n) is 12.6. The van der Waals surface area contributed by atoms with Gasteiger partial charge in [0.2, 0.25) is 5.91 Å². The van der Waals surface area contributed by atoms with Crippen molar-refractivity contribution >= 4 is 5.91 Å². The van der Waals surface area contributed by atoms with Gasteiger partial charge >= 0.3 is 0 Å². The minimum absolute atomic E-state index is 0.238. The van der Waals surface area contributed by atoms with Crippen molar-refractivity contribution in [1.82, 2.24) is 10.2 Å². The van der Waals surface area contributed by atoms with E-state index in [2.05, 4.69) is 24.1 Å². The number of hydrogen-bond acceptors (Lipinski definition) is 3. The number of primary amides is 1. The number of carbonyl (C=O) groups excluding carboxylic acids is 1. The molecule has 4 heteroatoms. The van der Waals surface area contributed by atoms with Gasteiger partial charge in [0.25, 0.3) is 0 Å². The van der Waals surface area contributed by atoms with E-state index in [0.717, 1.165) is 31.5 Å². The van der Waals surface area contributed by atoms with Crippen LogP contribution < -0.4 is 11.1 Å². The van der Waals surface area contributed by atoms with Crippen molar-refractivity contribution in [3.63, 3.8) is 0 Å². The van der Waals surface area contributed by atoms with Gasteiger partial charge in [-0.05, 0) is 58.3 Å². The molecule has 0 heterocycles. The Morgan fingerprint density at radius 1 is 1.26 bits per heavy atom. The first-order chi connectivity index (χ1) is 8.89. The van der Waals surface area contributed by atoms with Crippen LogP contribution in [0.15, 0.2) is 0 Å². The van der Waals surface area contributed by atoms with Crippen molar-refractivity contribution in [2.24, 2.45) is 17.6 Å². The fraction of sp³-hybridized carbons (Fsp3) is 0.933. The van der Waals surface area contributed by atoms with Gasteiger partial charge in [0, 0.05) is 25.7 Å². The Hall–Kier alpha value is -0.610. The second kappa shape index (κ2) is 5.80. The number of nitrogens with one attached hydrogen (secondary N) is 1. The Balaban J connectivity index is 1.95. The summed E-state index contributed by atoms with van der Waals surface area (Å²) in [6.07, 6.45) is 5.41. The lowest BCUT2D eigenvalue weighted by Crippen LogP contribution is -2.61. The van der Waals surface area contributed by atoms with Crippen LogP contribution >= 0.6 is 0 Å². The first kappa shape index (κ1) is 14.8. The van der Waals surface area contributed by atoms with Crippen molar-refractivity contribution < 1.29 is 4.79 Å². The van der Waals surface area contributed by atoms with Crippen molar-refractivity contribution in [2.45, 2.75) is 58.0 Å². The fourth-order valence-corrected chi connectivity index (χ4v) is 2.81. The minimum Gasteiger partial charge on any atom is -0.368 e. The summed E-state index contributed by atoms with van der Waals surface area (Å²) in [5, 5.41) is 3.36. The first-order valence-corrected chi connectivity index (χ1v) is 7.69. The molecule has 1 amide bonds. The van der Waals surface area contributed by atoms with Gasteiger partial charge in [-0.2, -0.15) is 0 Å². The quantitative estimate of drug-likeness (QED) is 0.663. The van der Waals surface area contributed by atoms with Gasteiger partial charge in [-0.1, -0.05) is 0 Å². The van der Waals surface area contributed by atoms with Crippen molar-refractivity contribution in [3.8, 4) is 0 Å². The molecule has 0 aromatic heterocycles. The summed E-state index contributed by atoms with van der Waals surface area (Å²) >= 11 is 0. The molecule has 0 aromatic rings. The topological polar surface area (TPSA) is 58.4 Å². The molecular formula is C15H29N3O. The molecule has 2 aliphatic rings. The highest BCUT2D eigenvalue weighted by molar-refractivity contribution is 5.84. The molecule has 0 radical (unpaired) electrons. The zero-order chi connectivity index (χ0) is 14.0. The van der Waals surface area contributed by atoms with Gasteiger partial charge in [-0.3, -0.25) is 4.79 Å². The predicted octanol–water partition coefficient (Wildman–Crippen LogP) is 1.35. The van der Waals surface area contributed by atoms with Gasteiger partial charge in [-0.15, -0.1) is 0 Å². The van der Waals surface area contributed by atoms with Crippen molar-refractivity contribution in [2.75, 3.05) is 19.6 Å². The lowest BCUT2D eigenvalue weighted by atomic mass is 9.99. The summed E-state index contributed by atoms with van der Waals surface area (Å²) in [6, 6.07) is 0.265. The number of amides is 1. The van der Waals surface area contributed by atoms with Crippen LogP contribution in [-0.4, -0.2) is 42.0 Å². The van der Waals surface area contributed by atoms with Gasteiger partial charge in [0.1, 0.15) is 5.54 Å². The average Bonchev–Trinajstić information content (AvgIpc) is 3.11. The predicted molar refractivity (Wildman–Crippen MR) is 77.8 cm³/mol. The third kappa shape index (κ3) is 4.77. The van der Waals surface area contributed by atoms with Crippen molar-refractivity contribution in [3.05, 3.63) is 0 Å². The Morgan fingerprint density at radius 2 is 1.74 bits per heavy atom. The van der Waals surface area contributed by atoms with E-state index in [9.17, 15) is 4.79 Å². The number of rotatable bonds is 9. The molecule has 110 valence electrons. The van der Waals surface area contributed by atoms with Crippen LogP contribution in [0, 0.1) is 11.8 Å². The van der Waals surface area contributed by atoms with Gasteiger partial charge in [-0.25, -0.2) is 0 Å². The molecule has 3 N–H and O–H groups in total. The molecule has 0 bridgehead atoms. The number of nitrogens with zero attached hydrogens (tertiary/aromatic N) is 1. The SMILES string of the molecule is CC(C)NC(C)(CN(CC1CC1)CC1CC1)C(N)=O. The van der Waals surface area contributed by atoms with Crippen LogP contribution in [0.2, 0.25) is 0 Å². The first-order valence-electron chi connectivity index (χ1n) is 7.69. The molecule has 0 aliphatic heterocycles. The van der Waals surface area contributed by atoms with Crippen LogP contribution in [0.1, 0.15) is 46.5 Å². The number of carbonyl (C=O) groups is 1. The van der Waals surface area contributed by atoms with Crippen LogP contribution in [-0.2, 0) is 4.79 Å². The van der Waals surface area contributed by atoms with E-state index in [0.29, 0.717) is 0 Å². The van der Waals surface area contributed by atoms with E-state index >= 15 is 0 Å². The van der Waals surface area contributed by atoms with E-state index in [1.807, 2.05) is 6.92 Å².